The minimum Gasteiger partial charge on any atom is -0.504 e. The minimum absolute atomic E-state index is 0.0909. The number of ether oxygens (including phenoxy) is 1. The monoisotopic (exact) mass is 523 g/mol. The molecule has 2 aromatic carbocycles. The minimum atomic E-state index is -0.716. The zero-order valence-electron chi connectivity index (χ0n) is 21.8. The molecule has 3 aliphatic carbocycles. The average Bonchev–Trinajstić information content (AvgIpc) is 3.17. The Kier molecular flexibility index (Phi) is 6.09. The first-order valence-corrected chi connectivity index (χ1v) is 13.4. The third kappa shape index (κ3) is 3.87. The molecular formula is C32H29NO6. The Morgan fingerprint density at radius 1 is 0.974 bits per heavy atom. The summed E-state index contributed by atoms with van der Waals surface area (Å²) in [7, 11) is 0. The van der Waals surface area contributed by atoms with E-state index < -0.39 is 23.7 Å². The number of likely N-dealkylation sites (tertiary alicyclic amines) is 1. The predicted octanol–water partition coefficient (Wildman–Crippen LogP) is 4.42. The van der Waals surface area contributed by atoms with Gasteiger partial charge < -0.3 is 9.84 Å². The molecular weight excluding hydrogens is 494 g/mol. The SMILES string of the molecule is CCOc1cccc([C@H]2C3=CC[C@@H]4C(=O)N(Cc5ccccc5)C(=O)[C@@H]4[C@@H]3CC3=C2C(=O)C(C)=CC3=O)c1O. The molecule has 0 spiro atoms. The number of nitrogens with zero attached hydrogens (tertiary/aromatic N) is 1. The molecule has 1 fully saturated rings. The zero-order chi connectivity index (χ0) is 27.4. The van der Waals surface area contributed by atoms with Crippen molar-refractivity contribution in [2.45, 2.75) is 39.2 Å². The largest absolute Gasteiger partial charge is 0.504 e. The number of fused-ring (bicyclic) bond motifs is 3. The maximum atomic E-state index is 13.8. The summed E-state index contributed by atoms with van der Waals surface area (Å²) in [6.45, 7) is 3.98. The summed E-state index contributed by atoms with van der Waals surface area (Å²) in [5.74, 6) is -3.07. The van der Waals surface area contributed by atoms with Crippen molar-refractivity contribution in [3.05, 3.63) is 94.1 Å². The second-order valence-electron chi connectivity index (χ2n) is 10.6. The molecule has 1 aliphatic heterocycles. The number of hydrogen-bond acceptors (Lipinski definition) is 6. The summed E-state index contributed by atoms with van der Waals surface area (Å²) in [4.78, 5) is 55.5. The van der Waals surface area contributed by atoms with Crippen LogP contribution in [0, 0.1) is 17.8 Å². The van der Waals surface area contributed by atoms with Crippen LogP contribution in [-0.2, 0) is 25.7 Å². The quantitative estimate of drug-likeness (QED) is 0.354. The molecule has 1 heterocycles. The topological polar surface area (TPSA) is 101 Å². The van der Waals surface area contributed by atoms with Crippen molar-refractivity contribution in [1.82, 2.24) is 4.90 Å². The van der Waals surface area contributed by atoms with Gasteiger partial charge in [0, 0.05) is 28.2 Å². The molecule has 7 nitrogen and oxygen atoms in total. The number of aromatic hydroxyl groups is 1. The van der Waals surface area contributed by atoms with E-state index in [9.17, 15) is 24.3 Å². The van der Waals surface area contributed by atoms with Crippen molar-refractivity contribution >= 4 is 23.4 Å². The van der Waals surface area contributed by atoms with Crippen LogP contribution in [-0.4, -0.2) is 40.0 Å². The first kappa shape index (κ1) is 25.0. The lowest BCUT2D eigenvalue weighted by molar-refractivity contribution is -0.140. The van der Waals surface area contributed by atoms with E-state index in [0.717, 1.165) is 11.1 Å². The van der Waals surface area contributed by atoms with E-state index in [4.69, 9.17) is 4.74 Å². The van der Waals surface area contributed by atoms with Crippen molar-refractivity contribution in [1.29, 1.82) is 0 Å². The van der Waals surface area contributed by atoms with Gasteiger partial charge in [-0.2, -0.15) is 0 Å². The average molecular weight is 524 g/mol. The van der Waals surface area contributed by atoms with Crippen LogP contribution in [0.1, 0.15) is 43.7 Å². The molecule has 2 amide bonds. The van der Waals surface area contributed by atoms with Crippen LogP contribution in [0.5, 0.6) is 11.5 Å². The van der Waals surface area contributed by atoms with E-state index in [1.165, 1.54) is 11.0 Å². The smallest absolute Gasteiger partial charge is 0.234 e. The second-order valence-corrected chi connectivity index (χ2v) is 10.6. The molecule has 1 saturated heterocycles. The van der Waals surface area contributed by atoms with Crippen molar-refractivity contribution in [3.8, 4) is 11.5 Å². The molecule has 2 aromatic rings. The van der Waals surface area contributed by atoms with Crippen LogP contribution >= 0.6 is 0 Å². The first-order valence-electron chi connectivity index (χ1n) is 13.4. The summed E-state index contributed by atoms with van der Waals surface area (Å²) in [5, 5.41) is 11.2. The summed E-state index contributed by atoms with van der Waals surface area (Å²) in [6, 6.07) is 14.5. The van der Waals surface area contributed by atoms with Gasteiger partial charge in [-0.05, 0) is 50.3 Å². The molecule has 198 valence electrons. The van der Waals surface area contributed by atoms with Gasteiger partial charge >= 0.3 is 0 Å². The summed E-state index contributed by atoms with van der Waals surface area (Å²) >= 11 is 0. The number of ketones is 2. The number of phenols is 1. The van der Waals surface area contributed by atoms with Gasteiger partial charge in [0.1, 0.15) is 0 Å². The highest BCUT2D eigenvalue weighted by molar-refractivity contribution is 6.24. The summed E-state index contributed by atoms with van der Waals surface area (Å²) in [6.07, 6.45) is 3.87. The molecule has 0 saturated carbocycles. The number of phenolic OH excluding ortho intramolecular Hbond substituents is 1. The van der Waals surface area contributed by atoms with Crippen LogP contribution in [0.25, 0.3) is 0 Å². The number of amides is 2. The molecule has 7 heteroatoms. The van der Waals surface area contributed by atoms with Crippen molar-refractivity contribution in [3.63, 3.8) is 0 Å². The van der Waals surface area contributed by atoms with E-state index in [2.05, 4.69) is 0 Å². The third-order valence-electron chi connectivity index (χ3n) is 8.48. The Morgan fingerprint density at radius 3 is 2.49 bits per heavy atom. The van der Waals surface area contributed by atoms with Gasteiger partial charge in [0.25, 0.3) is 0 Å². The standard InChI is InChI=1S/C32H29NO6/c1-3-39-25-11-7-10-20(30(25)36)26-19-12-13-21-27(22(19)15-23-24(34)14-17(2)29(35)28(23)26)32(38)33(31(21)37)16-18-8-5-4-6-9-18/h4-12,14,21-22,26-27,36H,3,13,15-16H2,1-2H3/t21-,22+,26+,27-/m0/s1. The van der Waals surface area contributed by atoms with Gasteiger partial charge in [0.05, 0.1) is 25.0 Å². The highest BCUT2D eigenvalue weighted by Gasteiger charge is 2.56. The van der Waals surface area contributed by atoms with Gasteiger partial charge in [-0.15, -0.1) is 0 Å². The number of allylic oxidation sites excluding steroid dienone is 6. The van der Waals surface area contributed by atoms with Crippen LogP contribution in [0.2, 0.25) is 0 Å². The molecule has 6 rings (SSSR count). The van der Waals surface area contributed by atoms with Crippen LogP contribution in [0.4, 0.5) is 0 Å². The van der Waals surface area contributed by atoms with Crippen molar-refractivity contribution in [2.75, 3.05) is 6.61 Å². The van der Waals surface area contributed by atoms with E-state index in [0.29, 0.717) is 35.3 Å². The number of hydrogen-bond donors (Lipinski definition) is 1. The van der Waals surface area contributed by atoms with Gasteiger partial charge in [0.15, 0.2) is 23.1 Å². The first-order chi connectivity index (χ1) is 18.8. The van der Waals surface area contributed by atoms with E-state index >= 15 is 0 Å². The molecule has 0 aromatic heterocycles. The molecule has 4 aliphatic rings. The highest BCUT2D eigenvalue weighted by Crippen LogP contribution is 2.56. The number of carbonyl (C=O) groups is 4. The molecule has 39 heavy (non-hydrogen) atoms. The van der Waals surface area contributed by atoms with Gasteiger partial charge in [-0.25, -0.2) is 0 Å². The summed E-state index contributed by atoms with van der Waals surface area (Å²) < 4.78 is 5.63. The summed E-state index contributed by atoms with van der Waals surface area (Å²) in [5.41, 5.74) is 3.18. The fourth-order valence-electron chi connectivity index (χ4n) is 6.75. The van der Waals surface area contributed by atoms with Crippen molar-refractivity contribution < 1.29 is 29.0 Å². The lowest BCUT2D eigenvalue weighted by Crippen LogP contribution is -2.39. The Morgan fingerprint density at radius 2 is 1.74 bits per heavy atom. The molecule has 0 unspecified atom stereocenters. The molecule has 1 N–H and O–H groups in total. The van der Waals surface area contributed by atoms with Gasteiger partial charge in [-0.1, -0.05) is 54.1 Å². The Bertz CT molecular complexity index is 1510. The lowest BCUT2D eigenvalue weighted by atomic mass is 9.59. The van der Waals surface area contributed by atoms with E-state index in [-0.39, 0.29) is 47.8 Å². The predicted molar refractivity (Wildman–Crippen MR) is 143 cm³/mol. The Balaban J connectivity index is 1.46. The Labute approximate surface area is 226 Å². The number of benzene rings is 2. The maximum absolute atomic E-state index is 13.8. The maximum Gasteiger partial charge on any atom is 0.234 e. The van der Waals surface area contributed by atoms with Gasteiger partial charge in [0.2, 0.25) is 11.8 Å². The fourth-order valence-corrected chi connectivity index (χ4v) is 6.75. The number of para-hydroxylation sites is 1. The lowest BCUT2D eigenvalue weighted by Gasteiger charge is -2.42. The molecule has 4 atom stereocenters. The fraction of sp³-hybridized carbons (Fsp3) is 0.312. The number of rotatable bonds is 5. The zero-order valence-corrected chi connectivity index (χ0v) is 21.8. The normalized spacial score (nSPS) is 26.2. The van der Waals surface area contributed by atoms with Crippen LogP contribution in [0.15, 0.2) is 83.0 Å². The highest BCUT2D eigenvalue weighted by atomic mass is 16.5. The number of imide groups is 1. The van der Waals surface area contributed by atoms with E-state index in [1.54, 1.807) is 25.1 Å². The molecule has 0 radical (unpaired) electrons. The third-order valence-corrected chi connectivity index (χ3v) is 8.48. The van der Waals surface area contributed by atoms with E-state index in [1.807, 2.05) is 43.3 Å². The Hall–Kier alpha value is -4.26. The van der Waals surface area contributed by atoms with Crippen molar-refractivity contribution in [2.24, 2.45) is 17.8 Å². The number of Topliss-reactive ketones (excluding diaryl/α,β-unsaturated/α-hetero) is 1. The van der Waals surface area contributed by atoms with Crippen LogP contribution in [0.3, 0.4) is 0 Å². The van der Waals surface area contributed by atoms with Gasteiger partial charge in [-0.3, -0.25) is 24.1 Å². The second kappa shape index (κ2) is 9.49. The van der Waals surface area contributed by atoms with Crippen LogP contribution < -0.4 is 4.74 Å². The number of carbonyl (C=O) groups excluding carboxylic acids is 4. The molecule has 0 bridgehead atoms.